The SMILES string of the molecule is CNc1ncnc(N2CCC(c3nc(-c4ccc(F)c(C(F)(F)F)c4)cn3CCN3CCCC3)CC2)c1C. The van der Waals surface area contributed by atoms with Crippen molar-refractivity contribution in [1.29, 1.82) is 0 Å². The third-order valence-electron chi connectivity index (χ3n) is 7.68. The smallest absolute Gasteiger partial charge is 0.373 e. The molecule has 2 fully saturated rings. The molecule has 3 aromatic rings. The van der Waals surface area contributed by atoms with Gasteiger partial charge >= 0.3 is 6.18 Å². The minimum Gasteiger partial charge on any atom is -0.373 e. The fourth-order valence-corrected chi connectivity index (χ4v) is 5.59. The molecule has 11 heteroatoms. The van der Waals surface area contributed by atoms with E-state index in [9.17, 15) is 17.6 Å². The number of likely N-dealkylation sites (tertiary alicyclic amines) is 1. The lowest BCUT2D eigenvalue weighted by Gasteiger charge is -2.33. The molecule has 0 saturated carbocycles. The van der Waals surface area contributed by atoms with Crippen molar-refractivity contribution in [2.75, 3.05) is 50.0 Å². The van der Waals surface area contributed by atoms with Gasteiger partial charge in [-0.15, -0.1) is 0 Å². The average Bonchev–Trinajstić information content (AvgIpc) is 3.58. The van der Waals surface area contributed by atoms with E-state index in [4.69, 9.17) is 4.98 Å². The Labute approximate surface area is 219 Å². The summed E-state index contributed by atoms with van der Waals surface area (Å²) in [6, 6.07) is 3.12. The molecule has 0 bridgehead atoms. The van der Waals surface area contributed by atoms with E-state index in [1.807, 2.05) is 20.2 Å². The largest absolute Gasteiger partial charge is 0.419 e. The zero-order chi connectivity index (χ0) is 26.9. The zero-order valence-electron chi connectivity index (χ0n) is 21.7. The summed E-state index contributed by atoms with van der Waals surface area (Å²) in [6.07, 6.45) is 2.70. The Morgan fingerprint density at radius 1 is 1.03 bits per heavy atom. The van der Waals surface area contributed by atoms with E-state index < -0.39 is 17.6 Å². The first-order valence-electron chi connectivity index (χ1n) is 13.2. The van der Waals surface area contributed by atoms with Gasteiger partial charge in [-0.1, -0.05) is 0 Å². The number of rotatable bonds is 7. The van der Waals surface area contributed by atoms with Gasteiger partial charge in [-0.3, -0.25) is 0 Å². The first-order valence-corrected chi connectivity index (χ1v) is 13.2. The van der Waals surface area contributed by atoms with Crippen LogP contribution in [0.4, 0.5) is 29.2 Å². The third kappa shape index (κ3) is 5.48. The second-order valence-electron chi connectivity index (χ2n) is 10.1. The van der Waals surface area contributed by atoms with Crippen LogP contribution in [0.25, 0.3) is 11.3 Å². The van der Waals surface area contributed by atoms with E-state index in [0.29, 0.717) is 12.2 Å². The summed E-state index contributed by atoms with van der Waals surface area (Å²) in [5, 5.41) is 3.10. The number of piperidine rings is 1. The van der Waals surface area contributed by atoms with Crippen LogP contribution in [-0.2, 0) is 12.7 Å². The predicted molar refractivity (Wildman–Crippen MR) is 139 cm³/mol. The van der Waals surface area contributed by atoms with E-state index in [-0.39, 0.29) is 11.5 Å². The highest BCUT2D eigenvalue weighted by Gasteiger charge is 2.35. The molecule has 0 atom stereocenters. The Hall–Kier alpha value is -3.21. The Balaban J connectivity index is 1.40. The standard InChI is InChI=1S/C27H33F4N7/c1-18-24(32-2)33-17-34-25(18)37-11-7-19(8-12-37)26-35-23(16-38(26)14-13-36-9-3-4-10-36)20-5-6-22(28)21(15-20)27(29,30)31/h5-6,15-17,19H,3-4,7-14H2,1-2H3,(H,32,33,34). The maximum atomic E-state index is 13.9. The van der Waals surface area contributed by atoms with E-state index in [2.05, 4.69) is 29.7 Å². The van der Waals surface area contributed by atoms with Crippen molar-refractivity contribution in [1.82, 2.24) is 24.4 Å². The topological polar surface area (TPSA) is 62.1 Å². The van der Waals surface area contributed by atoms with Crippen LogP contribution in [-0.4, -0.2) is 64.2 Å². The highest BCUT2D eigenvalue weighted by atomic mass is 19.4. The van der Waals surface area contributed by atoms with Crippen LogP contribution in [0.5, 0.6) is 0 Å². The molecular formula is C27H33F4N7. The van der Waals surface area contributed by atoms with Gasteiger partial charge in [0.1, 0.15) is 29.6 Å². The Kier molecular flexibility index (Phi) is 7.56. The zero-order valence-corrected chi connectivity index (χ0v) is 21.7. The van der Waals surface area contributed by atoms with E-state index in [1.54, 1.807) is 6.33 Å². The van der Waals surface area contributed by atoms with Crippen LogP contribution in [0.2, 0.25) is 0 Å². The molecule has 1 N–H and O–H groups in total. The van der Waals surface area contributed by atoms with Gasteiger partial charge < -0.3 is 19.7 Å². The molecule has 0 radical (unpaired) electrons. The van der Waals surface area contributed by atoms with E-state index in [0.717, 1.165) is 80.7 Å². The van der Waals surface area contributed by atoms with Crippen molar-refractivity contribution in [3.05, 3.63) is 53.5 Å². The van der Waals surface area contributed by atoms with Crippen LogP contribution in [0.15, 0.2) is 30.7 Å². The quantitative estimate of drug-likeness (QED) is 0.416. The highest BCUT2D eigenvalue weighted by molar-refractivity contribution is 5.61. The van der Waals surface area contributed by atoms with Crippen LogP contribution in [0.3, 0.4) is 0 Å². The minimum atomic E-state index is -4.76. The van der Waals surface area contributed by atoms with Crippen LogP contribution in [0, 0.1) is 12.7 Å². The van der Waals surface area contributed by atoms with Gasteiger partial charge in [0.15, 0.2) is 0 Å². The van der Waals surface area contributed by atoms with Crippen molar-refractivity contribution in [2.45, 2.75) is 51.2 Å². The maximum Gasteiger partial charge on any atom is 0.419 e. The summed E-state index contributed by atoms with van der Waals surface area (Å²) in [5.74, 6) is 1.48. The summed E-state index contributed by atoms with van der Waals surface area (Å²) >= 11 is 0. The van der Waals surface area contributed by atoms with Gasteiger partial charge in [-0.2, -0.15) is 13.2 Å². The minimum absolute atomic E-state index is 0.159. The molecule has 2 aliphatic heterocycles. The van der Waals surface area contributed by atoms with Crippen molar-refractivity contribution in [3.63, 3.8) is 0 Å². The van der Waals surface area contributed by atoms with Gasteiger partial charge in [0.05, 0.1) is 11.3 Å². The molecule has 0 amide bonds. The Morgan fingerprint density at radius 3 is 2.45 bits per heavy atom. The monoisotopic (exact) mass is 531 g/mol. The number of benzene rings is 1. The summed E-state index contributed by atoms with van der Waals surface area (Å²) in [4.78, 5) is 18.3. The van der Waals surface area contributed by atoms with E-state index >= 15 is 0 Å². The van der Waals surface area contributed by atoms with Gasteiger partial charge in [0.2, 0.25) is 0 Å². The molecule has 2 aromatic heterocycles. The Bertz CT molecular complexity index is 1260. The maximum absolute atomic E-state index is 13.9. The van der Waals surface area contributed by atoms with Gasteiger partial charge in [0, 0.05) is 56.5 Å². The Morgan fingerprint density at radius 2 is 1.76 bits per heavy atom. The first-order chi connectivity index (χ1) is 18.2. The molecular weight excluding hydrogens is 498 g/mol. The lowest BCUT2D eigenvalue weighted by molar-refractivity contribution is -0.139. The fourth-order valence-electron chi connectivity index (χ4n) is 5.59. The summed E-state index contributed by atoms with van der Waals surface area (Å²) in [6.45, 7) is 7.29. The van der Waals surface area contributed by atoms with Crippen molar-refractivity contribution >= 4 is 11.6 Å². The molecule has 1 aromatic carbocycles. The van der Waals surface area contributed by atoms with Gasteiger partial charge in [-0.05, 0) is 63.9 Å². The molecule has 0 unspecified atom stereocenters. The number of nitrogens with zero attached hydrogens (tertiary/aromatic N) is 6. The van der Waals surface area contributed by atoms with Gasteiger partial charge in [-0.25, -0.2) is 19.3 Å². The predicted octanol–water partition coefficient (Wildman–Crippen LogP) is 5.33. The first kappa shape index (κ1) is 26.4. The third-order valence-corrected chi connectivity index (χ3v) is 7.68. The van der Waals surface area contributed by atoms with Gasteiger partial charge in [0.25, 0.3) is 0 Å². The molecule has 0 aliphatic carbocycles. The number of anilines is 2. The van der Waals surface area contributed by atoms with E-state index in [1.165, 1.54) is 18.9 Å². The van der Waals surface area contributed by atoms with Crippen LogP contribution in [0.1, 0.15) is 48.6 Å². The number of alkyl halides is 3. The molecule has 5 rings (SSSR count). The van der Waals surface area contributed by atoms with Crippen molar-refractivity contribution < 1.29 is 17.6 Å². The average molecular weight is 532 g/mol. The molecule has 204 valence electrons. The fraction of sp³-hybridized carbons (Fsp3) is 0.519. The number of nitrogens with one attached hydrogen (secondary N) is 1. The lowest BCUT2D eigenvalue weighted by atomic mass is 9.95. The molecule has 0 spiro atoms. The van der Waals surface area contributed by atoms with Crippen molar-refractivity contribution in [3.8, 4) is 11.3 Å². The summed E-state index contributed by atoms with van der Waals surface area (Å²) in [7, 11) is 1.84. The number of hydrogen-bond donors (Lipinski definition) is 1. The number of aromatic nitrogens is 4. The molecule has 7 nitrogen and oxygen atoms in total. The van der Waals surface area contributed by atoms with Crippen LogP contribution >= 0.6 is 0 Å². The number of halogens is 4. The van der Waals surface area contributed by atoms with Crippen molar-refractivity contribution in [2.24, 2.45) is 0 Å². The lowest BCUT2D eigenvalue weighted by Crippen LogP contribution is -2.35. The molecule has 2 aliphatic rings. The number of hydrogen-bond acceptors (Lipinski definition) is 6. The normalized spacial score (nSPS) is 17.4. The molecule has 2 saturated heterocycles. The summed E-state index contributed by atoms with van der Waals surface area (Å²) in [5.41, 5.74) is 0.449. The summed E-state index contributed by atoms with van der Waals surface area (Å²) < 4.78 is 56.2. The second-order valence-corrected chi connectivity index (χ2v) is 10.1. The highest BCUT2D eigenvalue weighted by Crippen LogP contribution is 2.36. The second kappa shape index (κ2) is 10.9. The number of imidazole rings is 1. The molecule has 38 heavy (non-hydrogen) atoms. The molecule has 4 heterocycles. The van der Waals surface area contributed by atoms with Crippen LogP contribution < -0.4 is 10.2 Å².